The molecule has 0 spiro atoms. The lowest BCUT2D eigenvalue weighted by atomic mass is 10.0. The Hall–Kier alpha value is -2.63. The van der Waals surface area contributed by atoms with Gasteiger partial charge in [-0.1, -0.05) is 18.2 Å². The Labute approximate surface area is 122 Å². The second-order valence-electron chi connectivity index (χ2n) is 4.81. The maximum Gasteiger partial charge on any atom is 0.341 e. The van der Waals surface area contributed by atoms with Crippen molar-refractivity contribution in [3.8, 4) is 5.88 Å². The standard InChI is InChI=1S/C15H15N3O3/c1-21-14-11(15(19)20)9-13(16-17-14)18-8-4-6-10-5-2-3-7-12(10)18/h2-3,5,7,9H,4,6,8H2,1H3,(H,19,20). The monoisotopic (exact) mass is 285 g/mol. The summed E-state index contributed by atoms with van der Waals surface area (Å²) in [4.78, 5) is 13.3. The molecule has 0 saturated heterocycles. The van der Waals surface area contributed by atoms with Crippen LogP contribution < -0.4 is 9.64 Å². The maximum atomic E-state index is 11.3. The molecule has 1 N–H and O–H groups in total. The first-order valence-electron chi connectivity index (χ1n) is 6.71. The third-order valence-electron chi connectivity index (χ3n) is 3.56. The van der Waals surface area contributed by atoms with E-state index in [2.05, 4.69) is 16.3 Å². The molecule has 108 valence electrons. The molecule has 0 unspecified atom stereocenters. The number of aromatic carboxylic acids is 1. The number of fused-ring (bicyclic) bond motifs is 1. The van der Waals surface area contributed by atoms with E-state index in [0.717, 1.165) is 25.1 Å². The first-order chi connectivity index (χ1) is 10.2. The van der Waals surface area contributed by atoms with Crippen LogP contribution in [0.15, 0.2) is 30.3 Å². The molecule has 2 aromatic rings. The highest BCUT2D eigenvalue weighted by atomic mass is 16.5. The predicted octanol–water partition coefficient (Wildman–Crippen LogP) is 2.27. The van der Waals surface area contributed by atoms with Gasteiger partial charge in [0.15, 0.2) is 5.82 Å². The van der Waals surface area contributed by atoms with Crippen LogP contribution in [0.25, 0.3) is 0 Å². The van der Waals surface area contributed by atoms with E-state index in [9.17, 15) is 9.90 Å². The van der Waals surface area contributed by atoms with Gasteiger partial charge >= 0.3 is 5.97 Å². The highest BCUT2D eigenvalue weighted by Gasteiger charge is 2.22. The van der Waals surface area contributed by atoms with Gasteiger partial charge in [0.25, 0.3) is 0 Å². The number of para-hydroxylation sites is 1. The number of hydrogen-bond donors (Lipinski definition) is 1. The van der Waals surface area contributed by atoms with Crippen molar-refractivity contribution in [3.05, 3.63) is 41.5 Å². The fourth-order valence-corrected chi connectivity index (χ4v) is 2.58. The molecule has 1 aliphatic rings. The minimum Gasteiger partial charge on any atom is -0.479 e. The lowest BCUT2D eigenvalue weighted by Crippen LogP contribution is -2.26. The van der Waals surface area contributed by atoms with Gasteiger partial charge in [-0.15, -0.1) is 10.2 Å². The Morgan fingerprint density at radius 3 is 2.90 bits per heavy atom. The Bertz CT molecular complexity index is 688. The highest BCUT2D eigenvalue weighted by Crippen LogP contribution is 2.33. The zero-order valence-electron chi connectivity index (χ0n) is 11.6. The Morgan fingerprint density at radius 1 is 1.33 bits per heavy atom. The summed E-state index contributed by atoms with van der Waals surface area (Å²) in [6.07, 6.45) is 2.01. The van der Waals surface area contributed by atoms with Crippen LogP contribution in [-0.2, 0) is 6.42 Å². The highest BCUT2D eigenvalue weighted by molar-refractivity contribution is 5.91. The lowest BCUT2D eigenvalue weighted by molar-refractivity contribution is 0.0692. The molecule has 2 heterocycles. The Balaban J connectivity index is 2.06. The molecule has 0 fully saturated rings. The van der Waals surface area contributed by atoms with Crippen LogP contribution in [0.1, 0.15) is 22.3 Å². The summed E-state index contributed by atoms with van der Waals surface area (Å²) in [5, 5.41) is 17.2. The lowest BCUT2D eigenvalue weighted by Gasteiger charge is -2.30. The molecule has 1 aromatic carbocycles. The van der Waals surface area contributed by atoms with E-state index in [4.69, 9.17) is 4.74 Å². The molecule has 0 bridgehead atoms. The fourth-order valence-electron chi connectivity index (χ4n) is 2.58. The third kappa shape index (κ3) is 2.40. The molecule has 0 aliphatic carbocycles. The zero-order chi connectivity index (χ0) is 14.8. The topological polar surface area (TPSA) is 75.6 Å². The van der Waals surface area contributed by atoms with Gasteiger partial charge < -0.3 is 14.7 Å². The van der Waals surface area contributed by atoms with Crippen LogP contribution in [0, 0.1) is 0 Å². The van der Waals surface area contributed by atoms with Gasteiger partial charge in [-0.05, 0) is 24.5 Å². The van der Waals surface area contributed by atoms with Crippen molar-refractivity contribution >= 4 is 17.5 Å². The van der Waals surface area contributed by atoms with Gasteiger partial charge in [0.1, 0.15) is 5.56 Å². The zero-order valence-corrected chi connectivity index (χ0v) is 11.6. The van der Waals surface area contributed by atoms with Gasteiger partial charge in [0.05, 0.1) is 7.11 Å². The van der Waals surface area contributed by atoms with E-state index in [-0.39, 0.29) is 11.4 Å². The summed E-state index contributed by atoms with van der Waals surface area (Å²) < 4.78 is 4.95. The Morgan fingerprint density at radius 2 is 2.14 bits per heavy atom. The molecule has 6 heteroatoms. The van der Waals surface area contributed by atoms with E-state index in [0.29, 0.717) is 5.82 Å². The van der Waals surface area contributed by atoms with Crippen molar-refractivity contribution in [3.63, 3.8) is 0 Å². The fraction of sp³-hybridized carbons (Fsp3) is 0.267. The number of benzene rings is 1. The summed E-state index contributed by atoms with van der Waals surface area (Å²) in [7, 11) is 1.38. The van der Waals surface area contributed by atoms with Crippen LogP contribution >= 0.6 is 0 Å². The number of carbonyl (C=O) groups is 1. The number of nitrogens with zero attached hydrogens (tertiary/aromatic N) is 3. The Kier molecular flexibility index (Phi) is 3.43. The first kappa shape index (κ1) is 13.4. The van der Waals surface area contributed by atoms with Crippen molar-refractivity contribution in [1.82, 2.24) is 10.2 Å². The van der Waals surface area contributed by atoms with E-state index < -0.39 is 5.97 Å². The summed E-state index contributed by atoms with van der Waals surface area (Å²) in [6.45, 7) is 0.789. The number of anilines is 2. The summed E-state index contributed by atoms with van der Waals surface area (Å²) in [5.74, 6) is -0.523. The molecule has 1 aromatic heterocycles. The largest absolute Gasteiger partial charge is 0.479 e. The molecule has 0 saturated carbocycles. The second-order valence-corrected chi connectivity index (χ2v) is 4.81. The van der Waals surface area contributed by atoms with Crippen LogP contribution in [0.5, 0.6) is 5.88 Å². The van der Waals surface area contributed by atoms with Gasteiger partial charge in [0.2, 0.25) is 5.88 Å². The third-order valence-corrected chi connectivity index (χ3v) is 3.56. The quantitative estimate of drug-likeness (QED) is 0.932. The van der Waals surface area contributed by atoms with Crippen LogP contribution in [0.4, 0.5) is 11.5 Å². The molecule has 21 heavy (non-hydrogen) atoms. The van der Waals surface area contributed by atoms with E-state index in [1.165, 1.54) is 18.7 Å². The molecular formula is C15H15N3O3. The van der Waals surface area contributed by atoms with Crippen LogP contribution in [-0.4, -0.2) is 34.9 Å². The van der Waals surface area contributed by atoms with Crippen LogP contribution in [0.3, 0.4) is 0 Å². The average molecular weight is 285 g/mol. The average Bonchev–Trinajstić information content (AvgIpc) is 2.53. The maximum absolute atomic E-state index is 11.3. The molecule has 6 nitrogen and oxygen atoms in total. The number of carboxylic acid groups (broad SMARTS) is 1. The smallest absolute Gasteiger partial charge is 0.341 e. The van der Waals surface area contributed by atoms with Gasteiger partial charge in [-0.2, -0.15) is 0 Å². The number of ether oxygens (including phenoxy) is 1. The van der Waals surface area contributed by atoms with Crippen LogP contribution in [0.2, 0.25) is 0 Å². The SMILES string of the molecule is COc1nnc(N2CCCc3ccccc32)cc1C(=O)O. The molecule has 3 rings (SSSR count). The minimum atomic E-state index is -1.08. The molecule has 0 atom stereocenters. The summed E-state index contributed by atoms with van der Waals surface area (Å²) in [5.41, 5.74) is 2.31. The number of aromatic nitrogens is 2. The van der Waals surface area contributed by atoms with Crippen molar-refractivity contribution in [2.45, 2.75) is 12.8 Å². The number of methoxy groups -OCH3 is 1. The second kappa shape index (κ2) is 5.40. The normalized spacial score (nSPS) is 13.7. The molecule has 0 radical (unpaired) electrons. The van der Waals surface area contributed by atoms with Crippen molar-refractivity contribution in [2.24, 2.45) is 0 Å². The number of aryl methyl sites for hydroxylation is 1. The summed E-state index contributed by atoms with van der Waals surface area (Å²) in [6, 6.07) is 9.57. The van der Waals surface area contributed by atoms with Crippen molar-refractivity contribution in [1.29, 1.82) is 0 Å². The van der Waals surface area contributed by atoms with Gasteiger partial charge in [0, 0.05) is 18.3 Å². The first-order valence-corrected chi connectivity index (χ1v) is 6.71. The minimum absolute atomic E-state index is 0.0190. The van der Waals surface area contributed by atoms with E-state index in [1.807, 2.05) is 23.1 Å². The number of rotatable bonds is 3. The number of hydrogen-bond acceptors (Lipinski definition) is 5. The van der Waals surface area contributed by atoms with Crippen molar-refractivity contribution < 1.29 is 14.6 Å². The van der Waals surface area contributed by atoms with E-state index in [1.54, 1.807) is 0 Å². The van der Waals surface area contributed by atoms with E-state index >= 15 is 0 Å². The van der Waals surface area contributed by atoms with Crippen molar-refractivity contribution in [2.75, 3.05) is 18.6 Å². The van der Waals surface area contributed by atoms with Gasteiger partial charge in [-0.3, -0.25) is 0 Å². The molecular weight excluding hydrogens is 270 g/mol. The summed E-state index contributed by atoms with van der Waals surface area (Å²) >= 11 is 0. The molecule has 0 amide bonds. The van der Waals surface area contributed by atoms with Gasteiger partial charge in [-0.25, -0.2) is 4.79 Å². The number of carboxylic acids is 1. The predicted molar refractivity (Wildman–Crippen MR) is 77.3 cm³/mol. The molecule has 1 aliphatic heterocycles.